The lowest BCUT2D eigenvalue weighted by Gasteiger charge is -2.27. The second-order valence-electron chi connectivity index (χ2n) is 5.99. The summed E-state index contributed by atoms with van der Waals surface area (Å²) >= 11 is 0. The first-order valence-corrected chi connectivity index (χ1v) is 7.31. The number of rotatable bonds is 2. The predicted molar refractivity (Wildman–Crippen MR) is 76.9 cm³/mol. The maximum Gasteiger partial charge on any atom is 0.338 e. The van der Waals surface area contributed by atoms with Crippen LogP contribution in [0, 0.1) is 0 Å². The van der Waals surface area contributed by atoms with E-state index in [1.165, 1.54) is 12.8 Å². The Hall–Kier alpha value is -1.62. The number of carboxylic acid groups (broad SMARTS) is 1. The van der Waals surface area contributed by atoms with E-state index in [4.69, 9.17) is 10.7 Å². The van der Waals surface area contributed by atoms with Crippen LogP contribution in [0.3, 0.4) is 0 Å². The minimum Gasteiger partial charge on any atom is -0.478 e. The van der Waals surface area contributed by atoms with Gasteiger partial charge in [0, 0.05) is 19.0 Å². The lowest BCUT2D eigenvalue weighted by Crippen LogP contribution is -2.30. The predicted octanol–water partition coefficient (Wildman–Crippen LogP) is 2.01. The van der Waals surface area contributed by atoms with E-state index in [1.54, 1.807) is 0 Å². The molecule has 1 aromatic rings. The Kier molecular flexibility index (Phi) is 3.38. The van der Waals surface area contributed by atoms with Crippen LogP contribution in [0.15, 0.2) is 0 Å². The minimum atomic E-state index is -0.912. The molecule has 3 rings (SSSR count). The van der Waals surface area contributed by atoms with E-state index in [0.29, 0.717) is 17.2 Å². The Morgan fingerprint density at radius 3 is 2.75 bits per heavy atom. The molecule has 1 aliphatic heterocycles. The first-order valence-electron chi connectivity index (χ1n) is 7.31. The summed E-state index contributed by atoms with van der Waals surface area (Å²) in [7, 11) is 2.04. The number of likely N-dealkylation sites (N-methyl/N-ethyl adjacent to an activating group) is 1. The molecule has 0 saturated heterocycles. The van der Waals surface area contributed by atoms with Crippen LogP contribution < -0.4 is 5.73 Å². The topological polar surface area (TPSA) is 79.5 Å². The molecule has 0 radical (unpaired) electrons. The molecule has 0 bridgehead atoms. The minimum absolute atomic E-state index is 0.310. The van der Waals surface area contributed by atoms with Crippen molar-refractivity contribution < 1.29 is 9.90 Å². The Morgan fingerprint density at radius 2 is 2.10 bits per heavy atom. The van der Waals surface area contributed by atoms with Gasteiger partial charge in [0.2, 0.25) is 0 Å². The van der Waals surface area contributed by atoms with Gasteiger partial charge >= 0.3 is 5.97 Å². The SMILES string of the molecule is CN1CCc2c(nc(C3CCCC3)c(N)c2C(=O)O)C1. The average molecular weight is 275 g/mol. The molecule has 0 atom stereocenters. The van der Waals surface area contributed by atoms with E-state index >= 15 is 0 Å². The Bertz CT molecular complexity index is 551. The number of fused-ring (bicyclic) bond motifs is 1. The van der Waals surface area contributed by atoms with Crippen molar-refractivity contribution in [3.05, 3.63) is 22.5 Å². The molecule has 1 aromatic heterocycles. The molecule has 0 aromatic carbocycles. The van der Waals surface area contributed by atoms with Crippen LogP contribution in [-0.4, -0.2) is 34.6 Å². The zero-order valence-corrected chi connectivity index (χ0v) is 11.9. The third-order valence-electron chi connectivity index (χ3n) is 4.57. The summed E-state index contributed by atoms with van der Waals surface area (Å²) in [5, 5.41) is 9.53. The van der Waals surface area contributed by atoms with Gasteiger partial charge in [0.1, 0.15) is 0 Å². The fourth-order valence-corrected chi connectivity index (χ4v) is 3.50. The molecule has 20 heavy (non-hydrogen) atoms. The van der Waals surface area contributed by atoms with E-state index < -0.39 is 5.97 Å². The summed E-state index contributed by atoms with van der Waals surface area (Å²) in [4.78, 5) is 18.6. The molecule has 1 saturated carbocycles. The second kappa shape index (κ2) is 5.05. The van der Waals surface area contributed by atoms with Crippen LogP contribution >= 0.6 is 0 Å². The Labute approximate surface area is 118 Å². The summed E-state index contributed by atoms with van der Waals surface area (Å²) in [6.07, 6.45) is 5.24. The maximum atomic E-state index is 11.6. The van der Waals surface area contributed by atoms with Crippen molar-refractivity contribution in [2.75, 3.05) is 19.3 Å². The average Bonchev–Trinajstić information content (AvgIpc) is 2.91. The van der Waals surface area contributed by atoms with Gasteiger partial charge in [-0.05, 0) is 31.9 Å². The van der Waals surface area contributed by atoms with Crippen molar-refractivity contribution in [2.45, 2.75) is 44.6 Å². The zero-order valence-electron chi connectivity index (χ0n) is 11.9. The van der Waals surface area contributed by atoms with Crippen LogP contribution in [0.2, 0.25) is 0 Å². The van der Waals surface area contributed by atoms with Crippen molar-refractivity contribution in [1.29, 1.82) is 0 Å². The van der Waals surface area contributed by atoms with Crippen molar-refractivity contribution >= 4 is 11.7 Å². The van der Waals surface area contributed by atoms with Crippen LogP contribution in [0.25, 0.3) is 0 Å². The number of hydrogen-bond donors (Lipinski definition) is 2. The van der Waals surface area contributed by atoms with Gasteiger partial charge in [-0.3, -0.25) is 4.98 Å². The monoisotopic (exact) mass is 275 g/mol. The number of aromatic nitrogens is 1. The first kappa shape index (κ1) is 13.4. The fraction of sp³-hybridized carbons (Fsp3) is 0.600. The lowest BCUT2D eigenvalue weighted by atomic mass is 9.92. The van der Waals surface area contributed by atoms with Gasteiger partial charge in [0.05, 0.1) is 22.6 Å². The first-order chi connectivity index (χ1) is 9.58. The number of hydrogen-bond acceptors (Lipinski definition) is 4. The highest BCUT2D eigenvalue weighted by Crippen LogP contribution is 2.39. The van der Waals surface area contributed by atoms with Gasteiger partial charge in [-0.2, -0.15) is 0 Å². The number of aromatic carboxylic acids is 1. The van der Waals surface area contributed by atoms with Crippen LogP contribution in [0.1, 0.15) is 58.9 Å². The van der Waals surface area contributed by atoms with Gasteiger partial charge in [0.25, 0.3) is 0 Å². The third kappa shape index (κ3) is 2.16. The van der Waals surface area contributed by atoms with Gasteiger partial charge in [-0.25, -0.2) is 4.79 Å². The summed E-state index contributed by atoms with van der Waals surface area (Å²) in [6.45, 7) is 1.58. The van der Waals surface area contributed by atoms with Crippen molar-refractivity contribution in [3.8, 4) is 0 Å². The number of nitrogens with two attached hydrogens (primary N) is 1. The second-order valence-corrected chi connectivity index (χ2v) is 5.99. The molecule has 0 unspecified atom stereocenters. The third-order valence-corrected chi connectivity index (χ3v) is 4.57. The summed E-state index contributed by atoms with van der Waals surface area (Å²) < 4.78 is 0. The van der Waals surface area contributed by atoms with Gasteiger partial charge in [0.15, 0.2) is 0 Å². The molecule has 3 N–H and O–H groups in total. The van der Waals surface area contributed by atoms with E-state index in [-0.39, 0.29) is 0 Å². The number of anilines is 1. The van der Waals surface area contributed by atoms with Gasteiger partial charge in [-0.15, -0.1) is 0 Å². The number of nitrogens with zero attached hydrogens (tertiary/aromatic N) is 2. The van der Waals surface area contributed by atoms with E-state index in [2.05, 4.69) is 4.90 Å². The highest BCUT2D eigenvalue weighted by Gasteiger charge is 2.29. The molecule has 108 valence electrons. The summed E-state index contributed by atoms with van der Waals surface area (Å²) in [5.74, 6) is -0.574. The van der Waals surface area contributed by atoms with Crippen molar-refractivity contribution in [1.82, 2.24) is 9.88 Å². The standard InChI is InChI=1S/C15H21N3O2/c1-18-7-6-10-11(8-18)17-14(9-4-2-3-5-9)13(16)12(10)15(19)20/h9H,2-8,16H2,1H3,(H,19,20). The quantitative estimate of drug-likeness (QED) is 0.863. The summed E-state index contributed by atoms with van der Waals surface area (Å²) in [5.41, 5.74) is 9.47. The number of nitrogen functional groups attached to an aromatic ring is 1. The maximum absolute atomic E-state index is 11.6. The van der Waals surface area contributed by atoms with E-state index in [0.717, 1.165) is 49.3 Å². The molecule has 5 heteroatoms. The number of pyridine rings is 1. The van der Waals surface area contributed by atoms with E-state index in [9.17, 15) is 9.90 Å². The van der Waals surface area contributed by atoms with Crippen molar-refractivity contribution in [2.24, 2.45) is 0 Å². The molecule has 1 aliphatic carbocycles. The highest BCUT2D eigenvalue weighted by atomic mass is 16.4. The van der Waals surface area contributed by atoms with Gasteiger partial charge < -0.3 is 15.7 Å². The Balaban J connectivity index is 2.14. The molecular weight excluding hydrogens is 254 g/mol. The largest absolute Gasteiger partial charge is 0.478 e. The van der Waals surface area contributed by atoms with Crippen LogP contribution in [0.5, 0.6) is 0 Å². The smallest absolute Gasteiger partial charge is 0.338 e. The Morgan fingerprint density at radius 1 is 1.40 bits per heavy atom. The molecule has 0 spiro atoms. The molecule has 0 amide bonds. The molecule has 2 aliphatic rings. The number of carbonyl (C=O) groups is 1. The zero-order chi connectivity index (χ0) is 14.3. The fourth-order valence-electron chi connectivity index (χ4n) is 3.50. The molecule has 2 heterocycles. The van der Waals surface area contributed by atoms with Gasteiger partial charge in [-0.1, -0.05) is 12.8 Å². The normalized spacial score (nSPS) is 20.1. The molecule has 5 nitrogen and oxygen atoms in total. The number of carboxylic acids is 1. The van der Waals surface area contributed by atoms with Crippen molar-refractivity contribution in [3.63, 3.8) is 0 Å². The summed E-state index contributed by atoms with van der Waals surface area (Å²) in [6, 6.07) is 0. The molecular formula is C15H21N3O2. The van der Waals surface area contributed by atoms with Crippen LogP contribution in [0.4, 0.5) is 5.69 Å². The van der Waals surface area contributed by atoms with E-state index in [1.807, 2.05) is 7.05 Å². The highest BCUT2D eigenvalue weighted by molar-refractivity contribution is 5.96. The molecule has 1 fully saturated rings. The lowest BCUT2D eigenvalue weighted by molar-refractivity contribution is 0.0695. The van der Waals surface area contributed by atoms with Crippen LogP contribution in [-0.2, 0) is 13.0 Å².